The highest BCUT2D eigenvalue weighted by Gasteiger charge is 2.38. The van der Waals surface area contributed by atoms with Gasteiger partial charge in [0.25, 0.3) is 10.0 Å². The molecule has 1 aliphatic heterocycles. The highest BCUT2D eigenvalue weighted by Crippen LogP contribution is 2.29. The molecule has 172 valence electrons. The number of carbonyl (C=O) groups is 2. The summed E-state index contributed by atoms with van der Waals surface area (Å²) in [6, 6.07) is 24.3. The minimum absolute atomic E-state index is 0.0230. The Hall–Kier alpha value is -3.91. The highest BCUT2D eigenvalue weighted by atomic mass is 32.2. The molecule has 7 nitrogen and oxygen atoms in total. The molecule has 1 aliphatic carbocycles. The lowest BCUT2D eigenvalue weighted by atomic mass is 9.89. The Morgan fingerprint density at radius 1 is 0.618 bits per heavy atom. The maximum absolute atomic E-state index is 13.5. The van der Waals surface area contributed by atoms with E-state index in [1.54, 1.807) is 42.5 Å². The van der Waals surface area contributed by atoms with Gasteiger partial charge in [0.15, 0.2) is 0 Å². The standard InChI is InChI=1S/C26H23N3O4S/c30-25-21-13-7-8-14-22(21)26(31)24(23(25)27-34(32,33)20-11-5-2-6-12-20)29-17-15-28(16-18-29)19-9-3-1-4-10-19/h1-14,27H,15-18H2. The van der Waals surface area contributed by atoms with Gasteiger partial charge in [-0.25, -0.2) is 8.42 Å². The first-order chi connectivity index (χ1) is 16.5. The summed E-state index contributed by atoms with van der Waals surface area (Å²) in [5.74, 6) is -0.857. The van der Waals surface area contributed by atoms with Crippen LogP contribution in [0.4, 0.5) is 5.69 Å². The average molecular weight is 474 g/mol. The fourth-order valence-electron chi connectivity index (χ4n) is 4.38. The van der Waals surface area contributed by atoms with Crippen LogP contribution in [0.5, 0.6) is 0 Å². The van der Waals surface area contributed by atoms with E-state index in [1.165, 1.54) is 12.1 Å². The molecule has 0 spiro atoms. The number of hydrogen-bond acceptors (Lipinski definition) is 6. The van der Waals surface area contributed by atoms with Crippen LogP contribution < -0.4 is 9.62 Å². The van der Waals surface area contributed by atoms with Gasteiger partial charge in [-0.05, 0) is 24.3 Å². The fourth-order valence-corrected chi connectivity index (χ4v) is 5.47. The fraction of sp³-hybridized carbons (Fsp3) is 0.154. The quantitative estimate of drug-likeness (QED) is 0.613. The molecule has 1 fully saturated rings. The predicted molar refractivity (Wildman–Crippen MR) is 129 cm³/mol. The number of piperazine rings is 1. The number of Topliss-reactive ketones (excluding diaryl/α,β-unsaturated/α-hetero) is 2. The van der Waals surface area contributed by atoms with Crippen molar-refractivity contribution in [1.29, 1.82) is 0 Å². The molecule has 0 radical (unpaired) electrons. The predicted octanol–water partition coefficient (Wildman–Crippen LogP) is 3.08. The molecular formula is C26H23N3O4S. The number of para-hydroxylation sites is 1. The first-order valence-corrected chi connectivity index (χ1v) is 12.5. The van der Waals surface area contributed by atoms with Crippen molar-refractivity contribution in [3.63, 3.8) is 0 Å². The van der Waals surface area contributed by atoms with Crippen molar-refractivity contribution >= 4 is 27.3 Å². The second-order valence-electron chi connectivity index (χ2n) is 8.16. The number of sulfonamides is 1. The van der Waals surface area contributed by atoms with E-state index in [4.69, 9.17) is 0 Å². The molecule has 8 heteroatoms. The van der Waals surface area contributed by atoms with Crippen LogP contribution in [0.3, 0.4) is 0 Å². The Bertz CT molecular complexity index is 1380. The van der Waals surface area contributed by atoms with Gasteiger partial charge in [-0.3, -0.25) is 14.3 Å². The van der Waals surface area contributed by atoms with Crippen molar-refractivity contribution in [2.75, 3.05) is 31.1 Å². The molecule has 1 saturated heterocycles. The van der Waals surface area contributed by atoms with E-state index in [0.717, 1.165) is 5.69 Å². The number of anilines is 1. The second-order valence-corrected chi connectivity index (χ2v) is 9.84. The molecule has 0 saturated carbocycles. The number of nitrogens with one attached hydrogen (secondary N) is 1. The van der Waals surface area contributed by atoms with Crippen LogP contribution in [0, 0.1) is 0 Å². The van der Waals surface area contributed by atoms with Gasteiger partial charge in [0.05, 0.1) is 4.90 Å². The summed E-state index contributed by atoms with van der Waals surface area (Å²) < 4.78 is 28.6. The summed E-state index contributed by atoms with van der Waals surface area (Å²) in [5.41, 5.74) is 1.48. The zero-order valence-corrected chi connectivity index (χ0v) is 19.2. The summed E-state index contributed by atoms with van der Waals surface area (Å²) in [4.78, 5) is 31.0. The van der Waals surface area contributed by atoms with Gasteiger partial charge in [-0.15, -0.1) is 0 Å². The van der Waals surface area contributed by atoms with Crippen molar-refractivity contribution in [3.8, 4) is 0 Å². The van der Waals surface area contributed by atoms with E-state index in [2.05, 4.69) is 9.62 Å². The van der Waals surface area contributed by atoms with E-state index in [0.29, 0.717) is 26.2 Å². The van der Waals surface area contributed by atoms with Crippen LogP contribution in [0.2, 0.25) is 0 Å². The maximum Gasteiger partial charge on any atom is 0.262 e. The monoisotopic (exact) mass is 473 g/mol. The lowest BCUT2D eigenvalue weighted by Gasteiger charge is -2.39. The summed E-state index contributed by atoms with van der Waals surface area (Å²) in [6.45, 7) is 2.22. The third-order valence-electron chi connectivity index (χ3n) is 6.10. The number of allylic oxidation sites excluding steroid dienone is 2. The Morgan fingerprint density at radius 2 is 1.12 bits per heavy atom. The van der Waals surface area contributed by atoms with Gasteiger partial charge < -0.3 is 9.80 Å². The number of hydrogen-bond donors (Lipinski definition) is 1. The number of rotatable bonds is 5. The molecule has 0 unspecified atom stereocenters. The van der Waals surface area contributed by atoms with Crippen molar-refractivity contribution in [3.05, 3.63) is 107 Å². The van der Waals surface area contributed by atoms with Gasteiger partial charge in [0, 0.05) is 43.0 Å². The number of benzene rings is 3. The van der Waals surface area contributed by atoms with E-state index in [-0.39, 0.29) is 33.2 Å². The Balaban J connectivity index is 1.52. The smallest absolute Gasteiger partial charge is 0.262 e. The van der Waals surface area contributed by atoms with Gasteiger partial charge in [0.1, 0.15) is 11.4 Å². The number of carbonyl (C=O) groups excluding carboxylic acids is 2. The first kappa shape index (κ1) is 21.9. The van der Waals surface area contributed by atoms with Gasteiger partial charge in [-0.2, -0.15) is 0 Å². The molecule has 0 bridgehead atoms. The molecule has 3 aromatic rings. The molecular weight excluding hydrogens is 450 g/mol. The summed E-state index contributed by atoms with van der Waals surface area (Å²) in [5, 5.41) is 0. The van der Waals surface area contributed by atoms with Crippen molar-refractivity contribution < 1.29 is 18.0 Å². The summed E-state index contributed by atoms with van der Waals surface area (Å²) >= 11 is 0. The Morgan fingerprint density at radius 3 is 1.74 bits per heavy atom. The average Bonchev–Trinajstić information content (AvgIpc) is 2.88. The van der Waals surface area contributed by atoms with Crippen LogP contribution in [0.15, 0.2) is 101 Å². The Kier molecular flexibility index (Phi) is 5.67. The third kappa shape index (κ3) is 3.97. The first-order valence-electron chi connectivity index (χ1n) is 11.0. The van der Waals surface area contributed by atoms with Crippen molar-refractivity contribution in [2.24, 2.45) is 0 Å². The molecule has 5 rings (SSSR count). The number of nitrogens with zero attached hydrogens (tertiary/aromatic N) is 2. The lowest BCUT2D eigenvalue weighted by molar-refractivity contribution is 0.0935. The molecule has 2 aliphatic rings. The SMILES string of the molecule is O=C1C(NS(=O)(=O)c2ccccc2)=C(N2CCN(c3ccccc3)CC2)C(=O)c2ccccc21. The molecule has 0 aromatic heterocycles. The molecule has 34 heavy (non-hydrogen) atoms. The third-order valence-corrected chi connectivity index (χ3v) is 7.47. The normalized spacial score (nSPS) is 16.5. The molecule has 1 heterocycles. The van der Waals surface area contributed by atoms with Crippen LogP contribution in [0.25, 0.3) is 0 Å². The number of ketones is 2. The highest BCUT2D eigenvalue weighted by molar-refractivity contribution is 7.89. The second kappa shape index (κ2) is 8.79. The van der Waals surface area contributed by atoms with E-state index < -0.39 is 15.8 Å². The van der Waals surface area contributed by atoms with Crippen molar-refractivity contribution in [2.45, 2.75) is 4.90 Å². The zero-order chi connectivity index (χ0) is 23.7. The lowest BCUT2D eigenvalue weighted by Crippen LogP contribution is -2.49. The molecule has 0 atom stereocenters. The van der Waals surface area contributed by atoms with E-state index in [9.17, 15) is 18.0 Å². The molecule has 0 amide bonds. The summed E-state index contributed by atoms with van der Waals surface area (Å²) in [7, 11) is -4.06. The van der Waals surface area contributed by atoms with Gasteiger partial charge in [-0.1, -0.05) is 60.7 Å². The van der Waals surface area contributed by atoms with Gasteiger partial charge in [0.2, 0.25) is 11.6 Å². The molecule has 1 N–H and O–H groups in total. The summed E-state index contributed by atoms with van der Waals surface area (Å²) in [6.07, 6.45) is 0. The number of fused-ring (bicyclic) bond motifs is 1. The van der Waals surface area contributed by atoms with Gasteiger partial charge >= 0.3 is 0 Å². The largest absolute Gasteiger partial charge is 0.368 e. The van der Waals surface area contributed by atoms with Crippen molar-refractivity contribution in [1.82, 2.24) is 9.62 Å². The maximum atomic E-state index is 13.5. The van der Waals surface area contributed by atoms with Crippen LogP contribution >= 0.6 is 0 Å². The minimum atomic E-state index is -4.06. The van der Waals surface area contributed by atoms with Crippen LogP contribution in [0.1, 0.15) is 20.7 Å². The topological polar surface area (TPSA) is 86.8 Å². The van der Waals surface area contributed by atoms with Crippen LogP contribution in [-0.4, -0.2) is 51.1 Å². The Labute approximate surface area is 198 Å². The molecule has 3 aromatic carbocycles. The van der Waals surface area contributed by atoms with E-state index >= 15 is 0 Å². The van der Waals surface area contributed by atoms with Crippen LogP contribution in [-0.2, 0) is 10.0 Å². The van der Waals surface area contributed by atoms with E-state index in [1.807, 2.05) is 35.2 Å². The zero-order valence-electron chi connectivity index (χ0n) is 18.3. The minimum Gasteiger partial charge on any atom is -0.368 e.